The Bertz CT molecular complexity index is 1930. The first-order chi connectivity index (χ1) is 21.1. The van der Waals surface area contributed by atoms with Gasteiger partial charge in [-0.3, -0.25) is 0 Å². The van der Waals surface area contributed by atoms with E-state index in [0.717, 1.165) is 35.2 Å². The monoisotopic (exact) mass is 630 g/mol. The first kappa shape index (κ1) is 30.4. The molecule has 0 aliphatic rings. The summed E-state index contributed by atoms with van der Waals surface area (Å²) in [5.74, 6) is 0.245. The van der Waals surface area contributed by atoms with E-state index in [0.29, 0.717) is 27.1 Å². The molecule has 5 aromatic rings. The summed E-state index contributed by atoms with van der Waals surface area (Å²) in [5, 5.41) is 31.8. The molecule has 0 radical (unpaired) electrons. The number of hydrogen-bond donors (Lipinski definition) is 3. The Hall–Kier alpha value is -5.06. The summed E-state index contributed by atoms with van der Waals surface area (Å²) >= 11 is 12.8. The quantitative estimate of drug-likeness (QED) is 0.117. The highest BCUT2D eigenvalue weighted by molar-refractivity contribution is 6.37. The standard InChI is InChI=1S/C29H28Cl2N12O/c1-7-17-12-14(3)13-18(8-2)23(17)34-27-35-28(37-29(44)36-27)43-25(32)21(15(4)41-43)38-39-26-22(33-6)16(5)40-42(26)24-19(30)10-9-11-20(24)31/h9-13H,7-8,32H2,1-5H3,(H2,34,35,36,37,44)/b39-38+. The van der Waals surface area contributed by atoms with Crippen LogP contribution in [0.15, 0.2) is 40.6 Å². The van der Waals surface area contributed by atoms with E-state index >= 15 is 0 Å². The Kier molecular flexibility index (Phi) is 8.48. The minimum absolute atomic E-state index is 0.0316. The van der Waals surface area contributed by atoms with Crippen LogP contribution in [-0.2, 0) is 12.8 Å². The molecule has 3 heterocycles. The fourth-order valence-electron chi connectivity index (χ4n) is 4.76. The number of rotatable bonds is 8. The molecule has 0 aliphatic carbocycles. The maximum absolute atomic E-state index is 10.4. The van der Waals surface area contributed by atoms with Gasteiger partial charge in [-0.15, -0.1) is 10.2 Å². The first-order valence-corrected chi connectivity index (χ1v) is 14.3. The largest absolute Gasteiger partial charge is 0.479 e. The van der Waals surface area contributed by atoms with E-state index in [1.165, 1.54) is 9.36 Å². The second-order valence-corrected chi connectivity index (χ2v) is 10.6. The number of benzene rings is 2. The number of para-hydroxylation sites is 1. The number of aryl methyl sites for hydroxylation is 5. The Labute approximate surface area is 263 Å². The normalized spacial score (nSPS) is 11.3. The van der Waals surface area contributed by atoms with Crippen LogP contribution in [0.1, 0.15) is 41.9 Å². The van der Waals surface area contributed by atoms with Crippen LogP contribution in [0, 0.1) is 27.3 Å². The lowest BCUT2D eigenvalue weighted by Crippen LogP contribution is -2.11. The van der Waals surface area contributed by atoms with E-state index in [1.807, 2.05) is 0 Å². The molecule has 15 heteroatoms. The van der Waals surface area contributed by atoms with Crippen molar-refractivity contribution in [2.75, 3.05) is 11.1 Å². The van der Waals surface area contributed by atoms with Crippen LogP contribution in [0.5, 0.6) is 6.01 Å². The van der Waals surface area contributed by atoms with Gasteiger partial charge in [0.15, 0.2) is 17.3 Å². The van der Waals surface area contributed by atoms with Gasteiger partial charge in [-0.2, -0.15) is 29.8 Å². The van der Waals surface area contributed by atoms with E-state index in [4.69, 9.17) is 35.5 Å². The highest BCUT2D eigenvalue weighted by atomic mass is 35.5. The molecule has 0 bridgehead atoms. The van der Waals surface area contributed by atoms with Crippen LogP contribution in [-0.4, -0.2) is 39.6 Å². The number of nitrogens with one attached hydrogen (secondary N) is 1. The molecular formula is C29H28Cl2N12O. The van der Waals surface area contributed by atoms with Crippen molar-refractivity contribution in [3.05, 3.63) is 79.9 Å². The van der Waals surface area contributed by atoms with E-state index in [9.17, 15) is 5.11 Å². The highest BCUT2D eigenvalue weighted by Gasteiger charge is 2.22. The zero-order valence-corrected chi connectivity index (χ0v) is 26.1. The lowest BCUT2D eigenvalue weighted by molar-refractivity contribution is 0.427. The molecule has 0 unspecified atom stereocenters. The van der Waals surface area contributed by atoms with E-state index in [-0.39, 0.29) is 34.9 Å². The number of nitrogen functional groups attached to an aromatic ring is 1. The van der Waals surface area contributed by atoms with Crippen molar-refractivity contribution >= 4 is 57.8 Å². The van der Waals surface area contributed by atoms with Crippen LogP contribution < -0.4 is 11.1 Å². The lowest BCUT2D eigenvalue weighted by atomic mass is 10.00. The summed E-state index contributed by atoms with van der Waals surface area (Å²) in [4.78, 5) is 16.2. The summed E-state index contributed by atoms with van der Waals surface area (Å²) < 4.78 is 2.60. The van der Waals surface area contributed by atoms with Crippen LogP contribution in [0.2, 0.25) is 10.0 Å². The van der Waals surface area contributed by atoms with Gasteiger partial charge in [-0.05, 0) is 56.9 Å². The van der Waals surface area contributed by atoms with Gasteiger partial charge in [0, 0.05) is 5.69 Å². The summed E-state index contributed by atoms with van der Waals surface area (Å²) in [5.41, 5.74) is 12.2. The minimum Gasteiger partial charge on any atom is -0.479 e. The third kappa shape index (κ3) is 5.64. The Balaban J connectivity index is 1.55. The molecule has 224 valence electrons. The van der Waals surface area contributed by atoms with Gasteiger partial charge < -0.3 is 16.2 Å². The molecule has 0 saturated carbocycles. The SMILES string of the molecule is [C-]#[N+]c1c(C)nn(-c2c(Cl)cccc2Cl)c1/N=N/c1c(C)nn(-c2nc(O)nc(Nc3c(CC)cc(C)cc3CC)n2)c1N. The van der Waals surface area contributed by atoms with Crippen molar-refractivity contribution in [2.24, 2.45) is 10.2 Å². The Morgan fingerprint density at radius 3 is 2.20 bits per heavy atom. The third-order valence-corrected chi connectivity index (χ3v) is 7.43. The Morgan fingerprint density at radius 1 is 0.955 bits per heavy atom. The van der Waals surface area contributed by atoms with Gasteiger partial charge in [-0.25, -0.2) is 9.53 Å². The van der Waals surface area contributed by atoms with Gasteiger partial charge >= 0.3 is 6.01 Å². The zero-order chi connectivity index (χ0) is 31.7. The average Bonchev–Trinajstić information content (AvgIpc) is 3.45. The Morgan fingerprint density at radius 2 is 1.59 bits per heavy atom. The maximum Gasteiger partial charge on any atom is 0.320 e. The summed E-state index contributed by atoms with van der Waals surface area (Å²) in [6.45, 7) is 17.2. The lowest BCUT2D eigenvalue weighted by Gasteiger charge is -2.16. The molecule has 5 rings (SSSR count). The van der Waals surface area contributed by atoms with Gasteiger partial charge in [0.05, 0.1) is 28.0 Å². The zero-order valence-electron chi connectivity index (χ0n) is 24.6. The van der Waals surface area contributed by atoms with E-state index in [2.05, 4.69) is 78.4 Å². The fourth-order valence-corrected chi connectivity index (χ4v) is 5.32. The average molecular weight is 632 g/mol. The van der Waals surface area contributed by atoms with Gasteiger partial charge in [0.1, 0.15) is 5.69 Å². The topological polar surface area (TPSA) is 162 Å². The number of aromatic nitrogens is 7. The second kappa shape index (κ2) is 12.3. The van der Waals surface area contributed by atoms with E-state index in [1.54, 1.807) is 32.0 Å². The minimum atomic E-state index is -0.519. The van der Waals surface area contributed by atoms with Gasteiger partial charge in [-0.1, -0.05) is 60.8 Å². The molecular weight excluding hydrogens is 603 g/mol. The number of hydrogen-bond acceptors (Lipinski definition) is 10. The number of azo groups is 1. The molecule has 0 aliphatic heterocycles. The highest BCUT2D eigenvalue weighted by Crippen LogP contribution is 2.40. The molecule has 2 aromatic carbocycles. The summed E-state index contributed by atoms with van der Waals surface area (Å²) in [6, 6.07) is 8.69. The fraction of sp³-hybridized carbons (Fsp3) is 0.241. The molecule has 0 atom stereocenters. The van der Waals surface area contributed by atoms with Crippen LogP contribution in [0.4, 0.5) is 34.6 Å². The number of aromatic hydroxyl groups is 1. The predicted octanol–water partition coefficient (Wildman–Crippen LogP) is 7.60. The predicted molar refractivity (Wildman–Crippen MR) is 170 cm³/mol. The van der Waals surface area contributed by atoms with Crippen molar-refractivity contribution in [3.8, 4) is 17.6 Å². The van der Waals surface area contributed by atoms with Crippen molar-refractivity contribution in [1.29, 1.82) is 0 Å². The first-order valence-electron chi connectivity index (χ1n) is 13.6. The van der Waals surface area contributed by atoms with Crippen LogP contribution >= 0.6 is 23.2 Å². The van der Waals surface area contributed by atoms with Gasteiger partial charge in [0.2, 0.25) is 5.95 Å². The molecule has 0 saturated heterocycles. The molecule has 3 aromatic heterocycles. The van der Waals surface area contributed by atoms with E-state index < -0.39 is 6.01 Å². The summed E-state index contributed by atoms with van der Waals surface area (Å²) in [7, 11) is 0. The number of halogens is 2. The maximum atomic E-state index is 10.4. The molecule has 44 heavy (non-hydrogen) atoms. The molecule has 0 fully saturated rings. The molecule has 13 nitrogen and oxygen atoms in total. The van der Waals surface area contributed by atoms with Crippen molar-refractivity contribution in [2.45, 2.75) is 47.5 Å². The molecule has 0 amide bonds. The van der Waals surface area contributed by atoms with Crippen LogP contribution in [0.3, 0.4) is 0 Å². The smallest absolute Gasteiger partial charge is 0.320 e. The van der Waals surface area contributed by atoms with Crippen LogP contribution in [0.25, 0.3) is 16.5 Å². The second-order valence-electron chi connectivity index (χ2n) is 9.83. The van der Waals surface area contributed by atoms with Crippen molar-refractivity contribution in [3.63, 3.8) is 0 Å². The summed E-state index contributed by atoms with van der Waals surface area (Å²) in [6.07, 6.45) is 1.58. The van der Waals surface area contributed by atoms with Gasteiger partial charge in [0.25, 0.3) is 11.6 Å². The number of nitrogens with two attached hydrogens (primary N) is 1. The molecule has 4 N–H and O–H groups in total. The third-order valence-electron chi connectivity index (χ3n) is 6.82. The number of anilines is 3. The molecule has 0 spiro atoms. The van der Waals surface area contributed by atoms with Crippen molar-refractivity contribution < 1.29 is 5.11 Å². The van der Waals surface area contributed by atoms with Crippen molar-refractivity contribution in [1.82, 2.24) is 34.5 Å². The number of nitrogens with zero attached hydrogens (tertiary/aromatic N) is 10.